The van der Waals surface area contributed by atoms with Crippen LogP contribution in [0.3, 0.4) is 0 Å². The zero-order chi connectivity index (χ0) is 12.4. The Labute approximate surface area is 98.4 Å². The summed E-state index contributed by atoms with van der Waals surface area (Å²) in [6.45, 7) is 3.13. The van der Waals surface area contributed by atoms with Gasteiger partial charge in [-0.3, -0.25) is 14.9 Å². The number of ketones is 1. The van der Waals surface area contributed by atoms with E-state index in [0.717, 1.165) is 0 Å². The van der Waals surface area contributed by atoms with Gasteiger partial charge in [0.05, 0.1) is 11.8 Å². The zero-order valence-corrected chi connectivity index (χ0v) is 9.60. The lowest BCUT2D eigenvalue weighted by Gasteiger charge is -2.30. The highest BCUT2D eigenvalue weighted by atomic mass is 16.5. The van der Waals surface area contributed by atoms with Crippen molar-refractivity contribution in [2.24, 2.45) is 0 Å². The number of Topliss-reactive ketones (excluding diaryl/α,β-unsaturated/α-hetero) is 1. The molecule has 1 aliphatic heterocycles. The maximum Gasteiger partial charge on any atom is 0.206 e. The van der Waals surface area contributed by atoms with E-state index in [4.69, 9.17) is 9.15 Å². The predicted molar refractivity (Wildman–Crippen MR) is 58.9 cm³/mol. The molecule has 2 heterocycles. The Morgan fingerprint density at radius 2 is 2.29 bits per heavy atom. The van der Waals surface area contributed by atoms with Crippen LogP contribution in [-0.4, -0.2) is 18.3 Å². The van der Waals surface area contributed by atoms with Crippen LogP contribution in [0, 0.1) is 0 Å². The molecule has 17 heavy (non-hydrogen) atoms. The van der Waals surface area contributed by atoms with Crippen LogP contribution in [0.25, 0.3) is 0 Å². The van der Waals surface area contributed by atoms with Crippen LogP contribution in [0.4, 0.5) is 0 Å². The minimum Gasteiger partial charge on any atom is -0.472 e. The molecule has 2 rings (SSSR count). The number of rotatable bonds is 3. The molecule has 0 saturated carbocycles. The smallest absolute Gasteiger partial charge is 0.206 e. The van der Waals surface area contributed by atoms with Crippen LogP contribution < -0.4 is 5.32 Å². The van der Waals surface area contributed by atoms with Crippen molar-refractivity contribution < 1.29 is 18.7 Å². The van der Waals surface area contributed by atoms with Crippen molar-refractivity contribution in [2.75, 3.05) is 0 Å². The van der Waals surface area contributed by atoms with Gasteiger partial charge in [0.1, 0.15) is 17.6 Å². The number of carbonyl (C=O) groups is 2. The summed E-state index contributed by atoms with van der Waals surface area (Å²) >= 11 is 0. The molecule has 0 aliphatic carbocycles. The van der Waals surface area contributed by atoms with Gasteiger partial charge in [0, 0.05) is 0 Å². The largest absolute Gasteiger partial charge is 0.472 e. The van der Waals surface area contributed by atoms with E-state index in [0.29, 0.717) is 23.4 Å². The fraction of sp³-hybridized carbons (Fsp3) is 0.333. The first-order valence-electron chi connectivity index (χ1n) is 5.26. The first-order valence-corrected chi connectivity index (χ1v) is 5.26. The Kier molecular flexibility index (Phi) is 3.10. The highest BCUT2D eigenvalue weighted by Crippen LogP contribution is 2.30. The van der Waals surface area contributed by atoms with Crippen molar-refractivity contribution in [2.45, 2.75) is 26.1 Å². The molecule has 1 aliphatic rings. The average Bonchev–Trinajstić information content (AvgIpc) is 2.80. The third-order valence-electron chi connectivity index (χ3n) is 2.63. The summed E-state index contributed by atoms with van der Waals surface area (Å²) in [5, 5.41) is 2.90. The van der Waals surface area contributed by atoms with Gasteiger partial charge in [0.15, 0.2) is 12.1 Å². The summed E-state index contributed by atoms with van der Waals surface area (Å²) in [5.74, 6) is 0.931. The molecule has 1 N–H and O–H groups in total. The molecule has 1 aromatic heterocycles. The van der Waals surface area contributed by atoms with Gasteiger partial charge in [-0.05, 0) is 26.0 Å². The van der Waals surface area contributed by atoms with E-state index in [1.54, 1.807) is 19.1 Å². The van der Waals surface area contributed by atoms with E-state index in [2.05, 4.69) is 5.32 Å². The summed E-state index contributed by atoms with van der Waals surface area (Å²) in [6, 6.07) is 3.04. The summed E-state index contributed by atoms with van der Waals surface area (Å²) in [5.41, 5.74) is 0.484. The molecule has 2 atom stereocenters. The SMILES string of the molecule is CC(=O)C1=C(C)OC(C=O)NC1c1ccco1. The van der Waals surface area contributed by atoms with Crippen LogP contribution in [0.1, 0.15) is 25.6 Å². The molecule has 2 unspecified atom stereocenters. The van der Waals surface area contributed by atoms with E-state index in [1.807, 2.05) is 0 Å². The number of ether oxygens (including phenoxy) is 1. The van der Waals surface area contributed by atoms with Crippen molar-refractivity contribution in [3.63, 3.8) is 0 Å². The highest BCUT2D eigenvalue weighted by Gasteiger charge is 2.32. The highest BCUT2D eigenvalue weighted by molar-refractivity contribution is 5.95. The number of aldehydes is 1. The van der Waals surface area contributed by atoms with E-state index in [1.165, 1.54) is 13.2 Å². The standard InChI is InChI=1S/C12H13NO4/c1-7(15)11-8(2)17-10(6-14)13-12(11)9-4-3-5-16-9/h3-6,10,12-13H,1-2H3. The van der Waals surface area contributed by atoms with Gasteiger partial charge in [0.2, 0.25) is 6.23 Å². The lowest BCUT2D eigenvalue weighted by molar-refractivity contribution is -0.121. The van der Waals surface area contributed by atoms with E-state index in [9.17, 15) is 9.59 Å². The second-order valence-corrected chi connectivity index (χ2v) is 3.82. The van der Waals surface area contributed by atoms with E-state index < -0.39 is 12.3 Å². The first kappa shape index (κ1) is 11.6. The minimum atomic E-state index is -0.756. The maximum atomic E-state index is 11.6. The fourth-order valence-corrected chi connectivity index (χ4v) is 1.94. The normalized spacial score (nSPS) is 24.4. The van der Waals surface area contributed by atoms with Gasteiger partial charge in [0.25, 0.3) is 0 Å². The van der Waals surface area contributed by atoms with Gasteiger partial charge in [-0.2, -0.15) is 0 Å². The second kappa shape index (κ2) is 4.55. The molecule has 1 aromatic rings. The molecular weight excluding hydrogens is 222 g/mol. The molecule has 0 bridgehead atoms. The summed E-state index contributed by atoms with van der Waals surface area (Å²) < 4.78 is 10.5. The summed E-state index contributed by atoms with van der Waals surface area (Å²) in [4.78, 5) is 22.4. The molecule has 5 nitrogen and oxygen atoms in total. The molecule has 0 fully saturated rings. The third kappa shape index (κ3) is 2.14. The minimum absolute atomic E-state index is 0.110. The first-order chi connectivity index (χ1) is 8.13. The topological polar surface area (TPSA) is 68.5 Å². The Balaban J connectivity index is 2.42. The van der Waals surface area contributed by atoms with Gasteiger partial charge >= 0.3 is 0 Å². The van der Waals surface area contributed by atoms with Gasteiger partial charge in [-0.15, -0.1) is 0 Å². The number of carbonyl (C=O) groups excluding carboxylic acids is 2. The quantitative estimate of drug-likeness (QED) is 0.800. The van der Waals surface area contributed by atoms with Gasteiger partial charge in [-0.25, -0.2) is 0 Å². The molecular formula is C12H13NO4. The van der Waals surface area contributed by atoms with E-state index in [-0.39, 0.29) is 5.78 Å². The summed E-state index contributed by atoms with van der Waals surface area (Å²) in [6.07, 6.45) is 1.42. The molecule has 0 aromatic carbocycles. The molecule has 0 spiro atoms. The molecule has 5 heteroatoms. The average molecular weight is 235 g/mol. The van der Waals surface area contributed by atoms with Gasteiger partial charge < -0.3 is 9.15 Å². The number of nitrogens with one attached hydrogen (secondary N) is 1. The Bertz CT molecular complexity index is 461. The van der Waals surface area contributed by atoms with Crippen molar-refractivity contribution in [1.29, 1.82) is 0 Å². The van der Waals surface area contributed by atoms with Crippen molar-refractivity contribution in [1.82, 2.24) is 5.32 Å². The van der Waals surface area contributed by atoms with Crippen molar-refractivity contribution in [3.05, 3.63) is 35.5 Å². The monoisotopic (exact) mass is 235 g/mol. The van der Waals surface area contributed by atoms with Crippen LogP contribution in [0.15, 0.2) is 34.1 Å². The Hall–Kier alpha value is -1.88. The maximum absolute atomic E-state index is 11.6. The van der Waals surface area contributed by atoms with Crippen LogP contribution in [0.5, 0.6) is 0 Å². The van der Waals surface area contributed by atoms with Crippen molar-refractivity contribution >= 4 is 12.1 Å². The number of hydrogen-bond acceptors (Lipinski definition) is 5. The van der Waals surface area contributed by atoms with Crippen LogP contribution in [-0.2, 0) is 14.3 Å². The Morgan fingerprint density at radius 3 is 2.82 bits per heavy atom. The van der Waals surface area contributed by atoms with Crippen molar-refractivity contribution in [3.8, 4) is 0 Å². The summed E-state index contributed by atoms with van der Waals surface area (Å²) in [7, 11) is 0. The lowest BCUT2D eigenvalue weighted by Crippen LogP contribution is -2.42. The number of furan rings is 1. The molecule has 90 valence electrons. The second-order valence-electron chi connectivity index (χ2n) is 3.82. The van der Waals surface area contributed by atoms with Crippen LogP contribution in [0.2, 0.25) is 0 Å². The van der Waals surface area contributed by atoms with Gasteiger partial charge in [-0.1, -0.05) is 0 Å². The molecule has 0 amide bonds. The number of allylic oxidation sites excluding steroid dienone is 1. The zero-order valence-electron chi connectivity index (χ0n) is 9.60. The number of hydrogen-bond donors (Lipinski definition) is 1. The van der Waals surface area contributed by atoms with E-state index >= 15 is 0 Å². The van der Waals surface area contributed by atoms with Crippen LogP contribution >= 0.6 is 0 Å². The molecule has 0 saturated heterocycles. The molecule has 0 radical (unpaired) electrons. The fourth-order valence-electron chi connectivity index (χ4n) is 1.94. The lowest BCUT2D eigenvalue weighted by atomic mass is 9.98. The third-order valence-corrected chi connectivity index (χ3v) is 2.63. The predicted octanol–water partition coefficient (Wildman–Crippen LogP) is 1.33. The Morgan fingerprint density at radius 1 is 1.53 bits per heavy atom.